The first-order valence-electron chi connectivity index (χ1n) is 15.1. The minimum absolute atomic E-state index is 0.00321. The Kier molecular flexibility index (Phi) is 9.57. The van der Waals surface area contributed by atoms with Crippen LogP contribution >= 0.6 is 0 Å². The highest BCUT2D eigenvalue weighted by atomic mass is 16.4. The van der Waals surface area contributed by atoms with E-state index in [9.17, 15) is 29.7 Å². The molecule has 4 heterocycles. The number of hydrogen-bond donors (Lipinski definition) is 7. The summed E-state index contributed by atoms with van der Waals surface area (Å²) in [5.41, 5.74) is 9.86. The minimum atomic E-state index is -0.882. The Bertz CT molecular complexity index is 1520. The zero-order valence-electron chi connectivity index (χ0n) is 25.9. The smallest absolute Gasteiger partial charge is 0.303 e. The fraction of sp³-hybridized carbons (Fsp3) is 0.485. The molecule has 3 atom stereocenters. The number of aromatic hydroxyl groups is 1. The Balaban J connectivity index is 1.73. The number of carboxylic acids is 2. The van der Waals surface area contributed by atoms with Gasteiger partial charge in [0.15, 0.2) is 5.88 Å². The average Bonchev–Trinajstić information content (AvgIpc) is 3.59. The van der Waals surface area contributed by atoms with Crippen LogP contribution in [0.25, 0.3) is 12.2 Å². The summed E-state index contributed by atoms with van der Waals surface area (Å²) >= 11 is 0. The zero-order valence-corrected chi connectivity index (χ0v) is 25.9. The Morgan fingerprint density at radius 2 is 1.53 bits per heavy atom. The number of carbonyl (C=O) groups excluding carboxylic acids is 1. The molecular weight excluding hydrogens is 548 g/mol. The lowest BCUT2D eigenvalue weighted by Gasteiger charge is -2.17. The number of hydrogen-bond acceptors (Lipinski definition) is 5. The van der Waals surface area contributed by atoms with E-state index in [1.54, 1.807) is 0 Å². The quantitative estimate of drug-likeness (QED) is 0.180. The first kappa shape index (κ1) is 31.7. The predicted octanol–water partition coefficient (Wildman–Crippen LogP) is 5.11. The number of carboxylic acid groups (broad SMARTS) is 2. The summed E-state index contributed by atoms with van der Waals surface area (Å²) in [6.45, 7) is 11.9. The molecular formula is C33H44N4O6. The number of nitrogens with one attached hydrogen (secondary N) is 4. The van der Waals surface area contributed by atoms with Crippen molar-refractivity contribution in [1.29, 1.82) is 0 Å². The van der Waals surface area contributed by atoms with Gasteiger partial charge in [0, 0.05) is 65.1 Å². The van der Waals surface area contributed by atoms with Gasteiger partial charge in [-0.1, -0.05) is 20.8 Å². The Labute approximate surface area is 252 Å². The predicted molar refractivity (Wildman–Crippen MR) is 165 cm³/mol. The topological polar surface area (TPSA) is 168 Å². The molecule has 232 valence electrons. The third-order valence-corrected chi connectivity index (χ3v) is 9.21. The Hall–Kier alpha value is -4.21. The molecule has 10 heteroatoms. The molecule has 7 N–H and O–H groups in total. The number of aromatic amines is 2. The van der Waals surface area contributed by atoms with Crippen molar-refractivity contribution in [3.05, 3.63) is 61.9 Å². The second kappa shape index (κ2) is 13.0. The van der Waals surface area contributed by atoms with E-state index in [2.05, 4.69) is 27.5 Å². The van der Waals surface area contributed by atoms with Crippen molar-refractivity contribution in [3.63, 3.8) is 0 Å². The summed E-state index contributed by atoms with van der Waals surface area (Å²) in [6, 6.07) is -0.211. The number of H-pyrrole nitrogens is 2. The van der Waals surface area contributed by atoms with Gasteiger partial charge in [0.1, 0.15) is 0 Å². The SMILES string of the molecule is CCc1c(O)[nH]c(/C=C2/NC(Cc3[nH]c(/C=C4\NC(=O)[C@H](C)[C@H]4CC)c(C)c3CCC(=O)O)C(CCC(=O)O)=C2C)c1C. The van der Waals surface area contributed by atoms with E-state index < -0.39 is 11.9 Å². The number of amides is 1. The van der Waals surface area contributed by atoms with Gasteiger partial charge in [-0.25, -0.2) is 0 Å². The molecule has 0 aromatic carbocycles. The Morgan fingerprint density at radius 3 is 2.14 bits per heavy atom. The van der Waals surface area contributed by atoms with Crippen LogP contribution in [0.3, 0.4) is 0 Å². The van der Waals surface area contributed by atoms with Crippen molar-refractivity contribution >= 4 is 30.0 Å². The highest BCUT2D eigenvalue weighted by molar-refractivity contribution is 5.86. The van der Waals surface area contributed by atoms with Crippen LogP contribution in [0.1, 0.15) is 92.7 Å². The van der Waals surface area contributed by atoms with Gasteiger partial charge in [0.2, 0.25) is 5.91 Å². The largest absolute Gasteiger partial charge is 0.494 e. The summed E-state index contributed by atoms with van der Waals surface area (Å²) < 4.78 is 0. The number of carbonyl (C=O) groups is 3. The summed E-state index contributed by atoms with van der Waals surface area (Å²) in [4.78, 5) is 42.1. The van der Waals surface area contributed by atoms with Crippen LogP contribution in [0.5, 0.6) is 5.88 Å². The van der Waals surface area contributed by atoms with Crippen molar-refractivity contribution in [1.82, 2.24) is 20.6 Å². The maximum atomic E-state index is 12.4. The molecule has 1 fully saturated rings. The van der Waals surface area contributed by atoms with Crippen LogP contribution in [0.4, 0.5) is 0 Å². The van der Waals surface area contributed by atoms with E-state index >= 15 is 0 Å². The molecule has 2 aromatic rings. The van der Waals surface area contributed by atoms with E-state index in [0.717, 1.165) is 68.3 Å². The fourth-order valence-electron chi connectivity index (χ4n) is 6.59. The van der Waals surface area contributed by atoms with E-state index in [0.29, 0.717) is 25.7 Å². The van der Waals surface area contributed by atoms with Crippen molar-refractivity contribution in [3.8, 4) is 5.88 Å². The summed E-state index contributed by atoms with van der Waals surface area (Å²) in [5.74, 6) is -1.63. The van der Waals surface area contributed by atoms with Gasteiger partial charge in [0.05, 0.1) is 6.04 Å². The molecule has 1 saturated heterocycles. The summed E-state index contributed by atoms with van der Waals surface area (Å²) in [6.07, 6.45) is 6.63. The molecule has 1 amide bonds. The van der Waals surface area contributed by atoms with Gasteiger partial charge in [0.25, 0.3) is 0 Å². The van der Waals surface area contributed by atoms with E-state index in [1.807, 2.05) is 46.8 Å². The van der Waals surface area contributed by atoms with Crippen molar-refractivity contribution < 1.29 is 29.7 Å². The van der Waals surface area contributed by atoms with Gasteiger partial charge >= 0.3 is 11.9 Å². The number of rotatable bonds is 12. The van der Waals surface area contributed by atoms with Crippen LogP contribution in [-0.2, 0) is 33.6 Å². The average molecular weight is 593 g/mol. The highest BCUT2D eigenvalue weighted by Crippen LogP contribution is 2.35. The van der Waals surface area contributed by atoms with Crippen molar-refractivity contribution in [2.45, 2.75) is 92.5 Å². The van der Waals surface area contributed by atoms with Gasteiger partial charge in [-0.15, -0.1) is 0 Å². The van der Waals surface area contributed by atoms with E-state index in [1.165, 1.54) is 0 Å². The van der Waals surface area contributed by atoms with Crippen LogP contribution in [0.15, 0.2) is 22.5 Å². The molecule has 0 saturated carbocycles. The Morgan fingerprint density at radius 1 is 0.907 bits per heavy atom. The number of aliphatic carboxylic acids is 2. The first-order chi connectivity index (χ1) is 20.4. The van der Waals surface area contributed by atoms with Crippen molar-refractivity contribution in [2.75, 3.05) is 0 Å². The molecule has 4 rings (SSSR count). The third-order valence-electron chi connectivity index (χ3n) is 9.21. The van der Waals surface area contributed by atoms with Gasteiger partial charge in [-0.3, -0.25) is 14.4 Å². The lowest BCUT2D eigenvalue weighted by Crippen LogP contribution is -2.27. The monoisotopic (exact) mass is 592 g/mol. The highest BCUT2D eigenvalue weighted by Gasteiger charge is 2.34. The second-order valence-corrected chi connectivity index (χ2v) is 11.8. The van der Waals surface area contributed by atoms with Gasteiger partial charge < -0.3 is 35.9 Å². The van der Waals surface area contributed by atoms with Gasteiger partial charge in [-0.2, -0.15) is 0 Å². The lowest BCUT2D eigenvalue weighted by atomic mass is 9.91. The molecule has 10 nitrogen and oxygen atoms in total. The lowest BCUT2D eigenvalue weighted by molar-refractivity contribution is -0.138. The normalized spacial score (nSPS) is 22.1. The van der Waals surface area contributed by atoms with E-state index in [-0.39, 0.29) is 42.5 Å². The molecule has 2 aliphatic rings. The van der Waals surface area contributed by atoms with Crippen LogP contribution in [0.2, 0.25) is 0 Å². The number of aromatic nitrogens is 2. The zero-order chi connectivity index (χ0) is 31.6. The fourth-order valence-corrected chi connectivity index (χ4v) is 6.59. The molecule has 0 aliphatic carbocycles. The minimum Gasteiger partial charge on any atom is -0.494 e. The van der Waals surface area contributed by atoms with Crippen molar-refractivity contribution in [2.24, 2.45) is 11.8 Å². The van der Waals surface area contributed by atoms with Crippen LogP contribution < -0.4 is 10.6 Å². The number of allylic oxidation sites excluding steroid dienone is 2. The van der Waals surface area contributed by atoms with Gasteiger partial charge in [-0.05, 0) is 86.4 Å². The maximum absolute atomic E-state index is 12.4. The molecule has 0 radical (unpaired) electrons. The van der Waals surface area contributed by atoms with Crippen LogP contribution in [-0.4, -0.2) is 49.2 Å². The standard InChI is InChI=1S/C33H44N4O6/c1-7-20-19(6)32(42)37-27(20)14-25-18(5)23(10-12-31(40)41)29(35-25)15-28-22(9-11-30(38)39)17(4)24(34-28)13-26-16(3)21(8-2)33(43)36-26/h13-14,19-20,28,34-36,43H,7-12,15H2,1-6H3,(H,37,42)(H,38,39)(H,40,41)/b24-13+,27-14-/t19-,20-,28?/m1/s1. The molecule has 0 spiro atoms. The molecule has 43 heavy (non-hydrogen) atoms. The molecule has 2 aromatic heterocycles. The van der Waals surface area contributed by atoms with Crippen LogP contribution in [0, 0.1) is 25.7 Å². The second-order valence-electron chi connectivity index (χ2n) is 11.8. The molecule has 1 unspecified atom stereocenters. The maximum Gasteiger partial charge on any atom is 0.303 e. The molecule has 2 aliphatic heterocycles. The molecule has 0 bridgehead atoms. The summed E-state index contributed by atoms with van der Waals surface area (Å²) in [5, 5.41) is 35.9. The first-order valence-corrected chi connectivity index (χ1v) is 15.1. The summed E-state index contributed by atoms with van der Waals surface area (Å²) in [7, 11) is 0. The third kappa shape index (κ3) is 6.58. The van der Waals surface area contributed by atoms with E-state index in [4.69, 9.17) is 0 Å².